The normalized spacial score (nSPS) is 13.6. The summed E-state index contributed by atoms with van der Waals surface area (Å²) in [5.41, 5.74) is 11.8. The van der Waals surface area contributed by atoms with Crippen molar-refractivity contribution in [2.75, 3.05) is 0 Å². The van der Waals surface area contributed by atoms with Gasteiger partial charge in [-0.1, -0.05) is 0 Å². The Morgan fingerprint density at radius 3 is 1.81 bits per heavy atom. The van der Waals surface area contributed by atoms with Crippen LogP contribution in [0.2, 0.25) is 0 Å². The molecule has 0 fully saturated rings. The molecule has 0 amide bonds. The van der Waals surface area contributed by atoms with Gasteiger partial charge in [-0.3, -0.25) is 0 Å². The SMILES string of the molecule is C[C](C)=[Zr+2]([C]1=C(c2c(C)cccc2C)C=CC1)[CH]1c2ccccc2-c2ccccc21.[Cl-].[Cl-]. The van der Waals surface area contributed by atoms with Gasteiger partial charge in [-0.2, -0.15) is 0 Å². The van der Waals surface area contributed by atoms with E-state index >= 15 is 0 Å². The molecule has 162 valence electrons. The molecule has 0 aromatic heterocycles. The van der Waals surface area contributed by atoms with Crippen molar-refractivity contribution >= 4 is 8.78 Å². The van der Waals surface area contributed by atoms with E-state index in [2.05, 4.69) is 107 Å². The smallest absolute Gasteiger partial charge is 1.00 e. The molecular formula is C29H28Cl2Zr. The molecule has 0 unspecified atom stereocenters. The van der Waals surface area contributed by atoms with Crippen LogP contribution in [0.1, 0.15) is 51.7 Å². The van der Waals surface area contributed by atoms with Crippen molar-refractivity contribution < 1.29 is 46.1 Å². The Morgan fingerprint density at radius 2 is 1.28 bits per heavy atom. The van der Waals surface area contributed by atoms with Crippen molar-refractivity contribution in [3.05, 3.63) is 110 Å². The average Bonchev–Trinajstić information content (AvgIpc) is 3.32. The van der Waals surface area contributed by atoms with Crippen LogP contribution < -0.4 is 24.8 Å². The first-order valence-corrected chi connectivity index (χ1v) is 14.8. The van der Waals surface area contributed by atoms with Crippen LogP contribution in [0.15, 0.2) is 82.2 Å². The predicted octanol–water partition coefficient (Wildman–Crippen LogP) is 1.58. The van der Waals surface area contributed by atoms with Gasteiger partial charge >= 0.3 is 189 Å². The van der Waals surface area contributed by atoms with Gasteiger partial charge in [0.15, 0.2) is 0 Å². The monoisotopic (exact) mass is 536 g/mol. The fraction of sp³-hybridized carbons (Fsp3) is 0.207. The molecule has 2 aliphatic rings. The fourth-order valence-corrected chi connectivity index (χ4v) is 14.0. The maximum absolute atomic E-state index is 2.42. The zero-order valence-electron chi connectivity index (χ0n) is 19.0. The molecule has 0 atom stereocenters. The second kappa shape index (κ2) is 10.2. The first-order chi connectivity index (χ1) is 14.6. The second-order valence-corrected chi connectivity index (χ2v) is 16.2. The summed E-state index contributed by atoms with van der Waals surface area (Å²) in [5.74, 6) is 0. The maximum atomic E-state index is 2.42. The summed E-state index contributed by atoms with van der Waals surface area (Å²) in [6, 6.07) is 25.0. The molecule has 0 heterocycles. The number of aryl methyl sites for hydroxylation is 2. The van der Waals surface area contributed by atoms with E-state index in [9.17, 15) is 0 Å². The Morgan fingerprint density at radius 1 is 0.750 bits per heavy atom. The molecule has 3 aromatic rings. The first-order valence-electron chi connectivity index (χ1n) is 10.9. The van der Waals surface area contributed by atoms with E-state index < -0.39 is 21.3 Å². The van der Waals surface area contributed by atoms with Gasteiger partial charge in [-0.15, -0.1) is 0 Å². The standard InChI is InChI=1S/C13H9.C13H13.C3H6.2ClH.Zr/c1-3-7-12-10(5-1)9-11-6-2-4-8-13(11)12;1-10-6-5-7-11(2)13(10)12-8-3-4-9-12;1-3-2;;;/h1-9H;3,5-8H,4H2,1-2H3;1-2H3;2*1H;/q;;;;;+2/p-2. The summed E-state index contributed by atoms with van der Waals surface area (Å²) in [4.78, 5) is 0. The predicted molar refractivity (Wildman–Crippen MR) is 127 cm³/mol. The molecule has 5 rings (SSSR count). The van der Waals surface area contributed by atoms with Crippen LogP contribution in [0.5, 0.6) is 0 Å². The van der Waals surface area contributed by atoms with E-state index in [1.165, 1.54) is 33.4 Å². The number of hydrogen-bond acceptors (Lipinski definition) is 0. The molecule has 0 aliphatic heterocycles. The number of allylic oxidation sites excluding steroid dienone is 4. The molecule has 3 aromatic carbocycles. The van der Waals surface area contributed by atoms with Gasteiger partial charge in [-0.05, 0) is 0 Å². The van der Waals surface area contributed by atoms with Crippen molar-refractivity contribution in [2.24, 2.45) is 0 Å². The number of rotatable bonds is 3. The summed E-state index contributed by atoms with van der Waals surface area (Å²) in [6.07, 6.45) is 5.96. The third-order valence-electron chi connectivity index (χ3n) is 6.67. The topological polar surface area (TPSA) is 0 Å². The molecular weight excluding hydrogens is 510 g/mol. The molecule has 0 radical (unpaired) electrons. The van der Waals surface area contributed by atoms with Crippen LogP contribution in [0.3, 0.4) is 0 Å². The largest absolute Gasteiger partial charge is 1.00 e. The van der Waals surface area contributed by atoms with Gasteiger partial charge in [0, 0.05) is 0 Å². The van der Waals surface area contributed by atoms with E-state index in [-0.39, 0.29) is 24.8 Å². The maximum Gasteiger partial charge on any atom is -1.00 e. The van der Waals surface area contributed by atoms with Crippen molar-refractivity contribution in [3.8, 4) is 11.1 Å². The average molecular weight is 539 g/mol. The molecule has 0 saturated carbocycles. The summed E-state index contributed by atoms with van der Waals surface area (Å²) in [5, 5.41) is 0. The third kappa shape index (κ3) is 4.09. The van der Waals surface area contributed by atoms with E-state index in [1.807, 2.05) is 0 Å². The summed E-state index contributed by atoms with van der Waals surface area (Å²) in [7, 11) is 0. The number of benzene rings is 3. The number of fused-ring (bicyclic) bond motifs is 3. The van der Waals surface area contributed by atoms with Gasteiger partial charge in [0.25, 0.3) is 0 Å². The zero-order valence-corrected chi connectivity index (χ0v) is 23.0. The van der Waals surface area contributed by atoms with Gasteiger partial charge in [0.1, 0.15) is 0 Å². The van der Waals surface area contributed by atoms with Crippen molar-refractivity contribution in [1.29, 1.82) is 0 Å². The Hall–Kier alpha value is -1.53. The zero-order chi connectivity index (χ0) is 20.8. The number of hydrogen-bond donors (Lipinski definition) is 0. The van der Waals surface area contributed by atoms with Gasteiger partial charge in [0.2, 0.25) is 0 Å². The van der Waals surface area contributed by atoms with Crippen molar-refractivity contribution in [2.45, 2.75) is 37.7 Å². The van der Waals surface area contributed by atoms with Crippen LogP contribution in [0.25, 0.3) is 16.7 Å². The van der Waals surface area contributed by atoms with E-state index in [4.69, 9.17) is 0 Å². The quantitative estimate of drug-likeness (QED) is 0.475. The van der Waals surface area contributed by atoms with E-state index in [0.29, 0.717) is 3.63 Å². The molecule has 3 heteroatoms. The van der Waals surface area contributed by atoms with Crippen LogP contribution in [0.4, 0.5) is 0 Å². The van der Waals surface area contributed by atoms with Gasteiger partial charge < -0.3 is 24.8 Å². The van der Waals surface area contributed by atoms with Gasteiger partial charge in [-0.25, -0.2) is 0 Å². The minimum atomic E-state index is -2.18. The van der Waals surface area contributed by atoms with E-state index in [0.717, 1.165) is 6.42 Å². The minimum absolute atomic E-state index is 0. The van der Waals surface area contributed by atoms with Crippen molar-refractivity contribution in [3.63, 3.8) is 0 Å². The second-order valence-electron chi connectivity index (χ2n) is 8.79. The molecule has 2 aliphatic carbocycles. The summed E-state index contributed by atoms with van der Waals surface area (Å²) < 4.78 is 4.04. The van der Waals surface area contributed by atoms with Crippen LogP contribution in [0, 0.1) is 13.8 Å². The summed E-state index contributed by atoms with van der Waals surface area (Å²) in [6.45, 7) is 9.35. The van der Waals surface area contributed by atoms with Crippen LogP contribution in [-0.2, 0) is 21.3 Å². The van der Waals surface area contributed by atoms with Crippen molar-refractivity contribution in [1.82, 2.24) is 0 Å². The molecule has 32 heavy (non-hydrogen) atoms. The van der Waals surface area contributed by atoms with Crippen LogP contribution in [-0.4, -0.2) is 3.21 Å². The van der Waals surface area contributed by atoms with Crippen LogP contribution >= 0.6 is 0 Å². The Balaban J connectivity index is 0.00000144. The molecule has 0 spiro atoms. The molecule has 0 saturated heterocycles. The first kappa shape index (κ1) is 25.1. The minimum Gasteiger partial charge on any atom is -1.00 e. The number of halogens is 2. The molecule has 0 nitrogen and oxygen atoms in total. The summed E-state index contributed by atoms with van der Waals surface area (Å²) >= 11 is -2.18. The van der Waals surface area contributed by atoms with Gasteiger partial charge in [0.05, 0.1) is 0 Å². The fourth-order valence-electron chi connectivity index (χ4n) is 5.46. The molecule has 0 bridgehead atoms. The third-order valence-corrected chi connectivity index (χ3v) is 15.0. The Kier molecular flexibility index (Phi) is 7.98. The Bertz CT molecular complexity index is 1190. The Labute approximate surface area is 212 Å². The molecule has 0 N–H and O–H groups in total. The van der Waals surface area contributed by atoms with E-state index in [1.54, 1.807) is 17.6 Å².